The van der Waals surface area contributed by atoms with Crippen LogP contribution in [0, 0.1) is 0 Å². The smallest absolute Gasteiger partial charge is 0.271 e. The van der Waals surface area contributed by atoms with E-state index in [9.17, 15) is 4.79 Å². The molecule has 0 aliphatic heterocycles. The molecule has 1 amide bonds. The molecule has 1 atom stereocenters. The van der Waals surface area contributed by atoms with Gasteiger partial charge in [-0.1, -0.05) is 11.6 Å². The van der Waals surface area contributed by atoms with Gasteiger partial charge in [0, 0.05) is 14.2 Å². The molecule has 7 nitrogen and oxygen atoms in total. The molecule has 0 bridgehead atoms. The van der Waals surface area contributed by atoms with Crippen LogP contribution in [-0.4, -0.2) is 39.2 Å². The van der Waals surface area contributed by atoms with Gasteiger partial charge >= 0.3 is 0 Å². The molecule has 2 aromatic rings. The predicted molar refractivity (Wildman–Crippen MR) is 85.5 cm³/mol. The van der Waals surface area contributed by atoms with Gasteiger partial charge in [0.2, 0.25) is 0 Å². The summed E-state index contributed by atoms with van der Waals surface area (Å²) in [7, 11) is 3.37. The van der Waals surface area contributed by atoms with Crippen LogP contribution in [0.5, 0.6) is 0 Å². The summed E-state index contributed by atoms with van der Waals surface area (Å²) in [6.07, 6.45) is 6.26. The quantitative estimate of drug-likeness (QED) is 0.901. The lowest BCUT2D eigenvalue weighted by Gasteiger charge is -2.25. The van der Waals surface area contributed by atoms with Crippen molar-refractivity contribution in [1.82, 2.24) is 24.9 Å². The Hall–Kier alpha value is -1.86. The van der Waals surface area contributed by atoms with Gasteiger partial charge in [-0.25, -0.2) is 0 Å². The molecule has 3 rings (SSSR count). The van der Waals surface area contributed by atoms with E-state index in [2.05, 4.69) is 15.5 Å². The second-order valence-electron chi connectivity index (χ2n) is 5.65. The number of carbonyl (C=O) groups excluding carboxylic acids is 1. The van der Waals surface area contributed by atoms with Crippen LogP contribution in [0.3, 0.4) is 0 Å². The number of ether oxygens (including phenoxy) is 1. The number of aryl methyl sites for hydroxylation is 2. The highest BCUT2D eigenvalue weighted by atomic mass is 35.5. The molecule has 2 heterocycles. The van der Waals surface area contributed by atoms with E-state index in [0.717, 1.165) is 25.0 Å². The Bertz CT molecular complexity index is 689. The molecule has 2 aromatic heterocycles. The monoisotopic (exact) mass is 337 g/mol. The standard InChI is InChI=1S/C15H20ClN5O2/c1-20-14(11(16)9-17-20)15(22)19-12-5-3-4-10-8-18-21(13(10)12)6-7-23-2/h8-9,12H,3-7H2,1-2H3,(H,19,22). The van der Waals surface area contributed by atoms with E-state index in [-0.39, 0.29) is 11.9 Å². The fourth-order valence-electron chi connectivity index (χ4n) is 3.05. The summed E-state index contributed by atoms with van der Waals surface area (Å²) in [5.41, 5.74) is 2.63. The molecule has 1 unspecified atom stereocenters. The number of aromatic nitrogens is 4. The first kappa shape index (κ1) is 16.0. The van der Waals surface area contributed by atoms with E-state index in [1.165, 1.54) is 16.4 Å². The molecule has 0 saturated carbocycles. The number of carbonyl (C=O) groups is 1. The molecular formula is C15H20ClN5O2. The molecule has 0 aromatic carbocycles. The summed E-state index contributed by atoms with van der Waals surface area (Å²) in [6, 6.07) is -0.0726. The number of methoxy groups -OCH3 is 1. The lowest BCUT2D eigenvalue weighted by molar-refractivity contribution is 0.0920. The summed E-state index contributed by atoms with van der Waals surface area (Å²) in [6.45, 7) is 1.26. The predicted octanol–water partition coefficient (Wildman–Crippen LogP) is 1.72. The first-order valence-corrected chi connectivity index (χ1v) is 8.01. The number of hydrogen-bond acceptors (Lipinski definition) is 4. The van der Waals surface area contributed by atoms with Crippen molar-refractivity contribution in [1.29, 1.82) is 0 Å². The third-order valence-corrected chi connectivity index (χ3v) is 4.43. The molecule has 0 spiro atoms. The van der Waals surface area contributed by atoms with Crippen molar-refractivity contribution < 1.29 is 9.53 Å². The zero-order chi connectivity index (χ0) is 16.4. The van der Waals surface area contributed by atoms with E-state index >= 15 is 0 Å². The minimum Gasteiger partial charge on any atom is -0.383 e. The SMILES string of the molecule is COCCn1ncc2c1C(NC(=O)c1c(Cl)cnn1C)CCC2. The average Bonchev–Trinajstić information content (AvgIpc) is 3.09. The van der Waals surface area contributed by atoms with Gasteiger partial charge in [-0.05, 0) is 24.8 Å². The van der Waals surface area contributed by atoms with Crippen molar-refractivity contribution >= 4 is 17.5 Å². The highest BCUT2D eigenvalue weighted by Crippen LogP contribution is 2.30. The van der Waals surface area contributed by atoms with Gasteiger partial charge in [0.1, 0.15) is 5.69 Å². The maximum absolute atomic E-state index is 12.6. The highest BCUT2D eigenvalue weighted by Gasteiger charge is 2.28. The lowest BCUT2D eigenvalue weighted by atomic mass is 9.93. The number of nitrogens with zero attached hydrogens (tertiary/aromatic N) is 4. The van der Waals surface area contributed by atoms with Crippen molar-refractivity contribution in [3.63, 3.8) is 0 Å². The minimum atomic E-state index is -0.215. The first-order chi connectivity index (χ1) is 11.1. The second kappa shape index (κ2) is 6.72. The van der Waals surface area contributed by atoms with Crippen LogP contribution >= 0.6 is 11.6 Å². The summed E-state index contributed by atoms with van der Waals surface area (Å²) in [4.78, 5) is 12.6. The van der Waals surface area contributed by atoms with Crippen molar-refractivity contribution in [2.24, 2.45) is 7.05 Å². The molecule has 1 aliphatic rings. The van der Waals surface area contributed by atoms with Crippen LogP contribution < -0.4 is 5.32 Å². The summed E-state index contributed by atoms with van der Waals surface area (Å²) >= 11 is 6.06. The maximum Gasteiger partial charge on any atom is 0.271 e. The van der Waals surface area contributed by atoms with Gasteiger partial charge in [0.25, 0.3) is 5.91 Å². The summed E-state index contributed by atoms with van der Waals surface area (Å²) in [5.74, 6) is -0.215. The molecular weight excluding hydrogens is 318 g/mol. The number of amides is 1. The van der Waals surface area contributed by atoms with Crippen LogP contribution in [0.1, 0.15) is 40.6 Å². The van der Waals surface area contributed by atoms with Gasteiger partial charge < -0.3 is 10.1 Å². The Balaban J connectivity index is 1.83. The van der Waals surface area contributed by atoms with Crippen molar-refractivity contribution in [3.05, 3.63) is 34.4 Å². The van der Waals surface area contributed by atoms with E-state index in [0.29, 0.717) is 23.9 Å². The highest BCUT2D eigenvalue weighted by molar-refractivity contribution is 6.33. The van der Waals surface area contributed by atoms with Gasteiger partial charge in [-0.2, -0.15) is 10.2 Å². The number of nitrogens with one attached hydrogen (secondary N) is 1. The first-order valence-electron chi connectivity index (χ1n) is 7.63. The van der Waals surface area contributed by atoms with Gasteiger partial charge in [0.05, 0.1) is 42.3 Å². The molecule has 8 heteroatoms. The number of hydrogen-bond donors (Lipinski definition) is 1. The third-order valence-electron chi connectivity index (χ3n) is 4.15. The van der Waals surface area contributed by atoms with Crippen LogP contribution in [-0.2, 0) is 24.8 Å². The number of halogens is 1. The van der Waals surface area contributed by atoms with Gasteiger partial charge in [-0.15, -0.1) is 0 Å². The molecule has 1 N–H and O–H groups in total. The number of fused-ring (bicyclic) bond motifs is 1. The Morgan fingerprint density at radius 2 is 2.30 bits per heavy atom. The topological polar surface area (TPSA) is 74.0 Å². The molecule has 0 radical (unpaired) electrons. The average molecular weight is 338 g/mol. The summed E-state index contributed by atoms with van der Waals surface area (Å²) in [5, 5.41) is 11.9. The Morgan fingerprint density at radius 3 is 3.00 bits per heavy atom. The van der Waals surface area contributed by atoms with E-state index < -0.39 is 0 Å². The molecule has 23 heavy (non-hydrogen) atoms. The Kier molecular flexibility index (Phi) is 4.68. The Labute approximate surface area is 139 Å². The van der Waals surface area contributed by atoms with Crippen molar-refractivity contribution in [2.75, 3.05) is 13.7 Å². The van der Waals surface area contributed by atoms with Crippen molar-refractivity contribution in [3.8, 4) is 0 Å². The molecule has 0 saturated heterocycles. The molecule has 1 aliphatic carbocycles. The fourth-order valence-corrected chi connectivity index (χ4v) is 3.30. The maximum atomic E-state index is 12.6. The second-order valence-corrected chi connectivity index (χ2v) is 6.06. The minimum absolute atomic E-state index is 0.0726. The molecule has 124 valence electrons. The largest absolute Gasteiger partial charge is 0.383 e. The Morgan fingerprint density at radius 1 is 1.48 bits per heavy atom. The zero-order valence-corrected chi connectivity index (χ0v) is 14.0. The third kappa shape index (κ3) is 3.11. The zero-order valence-electron chi connectivity index (χ0n) is 13.3. The van der Waals surface area contributed by atoms with Crippen LogP contribution in [0.25, 0.3) is 0 Å². The van der Waals surface area contributed by atoms with E-state index in [1.54, 1.807) is 14.2 Å². The lowest BCUT2D eigenvalue weighted by Crippen LogP contribution is -2.34. The summed E-state index contributed by atoms with van der Waals surface area (Å²) < 4.78 is 8.55. The van der Waals surface area contributed by atoms with Crippen LogP contribution in [0.2, 0.25) is 5.02 Å². The van der Waals surface area contributed by atoms with Crippen molar-refractivity contribution in [2.45, 2.75) is 31.8 Å². The van der Waals surface area contributed by atoms with E-state index in [4.69, 9.17) is 16.3 Å². The van der Waals surface area contributed by atoms with Crippen LogP contribution in [0.15, 0.2) is 12.4 Å². The molecule has 0 fully saturated rings. The fraction of sp³-hybridized carbons (Fsp3) is 0.533. The van der Waals surface area contributed by atoms with Gasteiger partial charge in [-0.3, -0.25) is 14.2 Å². The number of rotatable bonds is 5. The van der Waals surface area contributed by atoms with Gasteiger partial charge in [0.15, 0.2) is 0 Å². The normalized spacial score (nSPS) is 17.1. The van der Waals surface area contributed by atoms with Crippen LogP contribution in [0.4, 0.5) is 0 Å². The van der Waals surface area contributed by atoms with E-state index in [1.807, 2.05) is 10.9 Å².